The molecule has 0 aliphatic carbocycles. The Morgan fingerprint density at radius 1 is 0.833 bits per heavy atom. The second-order valence-electron chi connectivity index (χ2n) is 9.03. The molecule has 0 aliphatic rings. The number of benzene rings is 4. The van der Waals surface area contributed by atoms with E-state index in [1.807, 2.05) is 6.07 Å². The van der Waals surface area contributed by atoms with Crippen molar-refractivity contribution in [2.75, 3.05) is 32.7 Å². The Morgan fingerprint density at radius 2 is 1.55 bits per heavy atom. The van der Waals surface area contributed by atoms with Crippen LogP contribution in [0, 0.1) is 0 Å². The van der Waals surface area contributed by atoms with E-state index in [0.29, 0.717) is 39.9 Å². The maximum absolute atomic E-state index is 13.0. The molecule has 0 heterocycles. The van der Waals surface area contributed by atoms with Gasteiger partial charge in [0.1, 0.15) is 5.75 Å². The van der Waals surface area contributed by atoms with Gasteiger partial charge in [-0.05, 0) is 66.6 Å². The molecule has 4 aromatic rings. The summed E-state index contributed by atoms with van der Waals surface area (Å²) >= 11 is 6.10. The summed E-state index contributed by atoms with van der Waals surface area (Å²) in [6.45, 7) is -0.188. The highest BCUT2D eigenvalue weighted by atomic mass is 35.5. The zero-order valence-corrected chi connectivity index (χ0v) is 24.5. The second kappa shape index (κ2) is 14.0. The van der Waals surface area contributed by atoms with Gasteiger partial charge in [-0.3, -0.25) is 9.59 Å². The predicted molar refractivity (Wildman–Crippen MR) is 160 cm³/mol. The fraction of sp³-hybridized carbons (Fsp3) is 0.161. The Bertz CT molecular complexity index is 1660. The number of amides is 1. The van der Waals surface area contributed by atoms with E-state index in [9.17, 15) is 18.0 Å². The molecule has 0 radical (unpaired) electrons. The molecule has 4 rings (SSSR count). The van der Waals surface area contributed by atoms with Gasteiger partial charge in [0, 0.05) is 22.7 Å². The van der Waals surface area contributed by atoms with Crippen molar-refractivity contribution in [1.29, 1.82) is 0 Å². The second-order valence-corrected chi connectivity index (χ2v) is 11.2. The third-order valence-electron chi connectivity index (χ3n) is 6.19. The topological polar surface area (TPSA) is 120 Å². The minimum Gasteiger partial charge on any atom is -0.493 e. The van der Waals surface area contributed by atoms with Crippen LogP contribution in [0.4, 0.5) is 5.69 Å². The van der Waals surface area contributed by atoms with Crippen molar-refractivity contribution < 1.29 is 32.2 Å². The van der Waals surface area contributed by atoms with Crippen LogP contribution in [0.1, 0.15) is 21.5 Å². The molecule has 218 valence electrons. The smallest absolute Gasteiger partial charge is 0.262 e. The van der Waals surface area contributed by atoms with Crippen molar-refractivity contribution in [3.8, 4) is 17.2 Å². The highest BCUT2D eigenvalue weighted by Gasteiger charge is 2.17. The molecule has 0 bridgehead atoms. The van der Waals surface area contributed by atoms with Crippen molar-refractivity contribution in [1.82, 2.24) is 4.72 Å². The molecule has 0 aromatic heterocycles. The molecular formula is C31H29ClN2O7S. The number of nitrogens with one attached hydrogen (secondary N) is 2. The summed E-state index contributed by atoms with van der Waals surface area (Å²) in [6, 6.07) is 24.4. The summed E-state index contributed by atoms with van der Waals surface area (Å²) in [5.74, 6) is 0.661. The van der Waals surface area contributed by atoms with Gasteiger partial charge in [-0.1, -0.05) is 48.0 Å². The molecule has 0 saturated carbocycles. The average Bonchev–Trinajstić information content (AvgIpc) is 3.01. The number of carbonyl (C=O) groups excluding carboxylic acids is 2. The summed E-state index contributed by atoms with van der Waals surface area (Å²) in [5.41, 5.74) is 1.88. The normalized spacial score (nSPS) is 11.0. The van der Waals surface area contributed by atoms with Gasteiger partial charge in [-0.2, -0.15) is 0 Å². The first-order valence-electron chi connectivity index (χ1n) is 12.8. The summed E-state index contributed by atoms with van der Waals surface area (Å²) < 4.78 is 44.1. The van der Waals surface area contributed by atoms with Crippen LogP contribution in [-0.4, -0.2) is 47.5 Å². The number of halogens is 1. The van der Waals surface area contributed by atoms with E-state index in [4.69, 9.17) is 25.8 Å². The van der Waals surface area contributed by atoms with Crippen molar-refractivity contribution in [3.05, 3.63) is 113 Å². The van der Waals surface area contributed by atoms with Crippen molar-refractivity contribution >= 4 is 39.0 Å². The van der Waals surface area contributed by atoms with Crippen LogP contribution in [0.5, 0.6) is 17.2 Å². The van der Waals surface area contributed by atoms with Gasteiger partial charge in [0.2, 0.25) is 10.0 Å². The molecule has 9 nitrogen and oxygen atoms in total. The molecule has 42 heavy (non-hydrogen) atoms. The number of sulfonamides is 1. The van der Waals surface area contributed by atoms with E-state index in [1.54, 1.807) is 61.7 Å². The Morgan fingerprint density at radius 3 is 2.24 bits per heavy atom. The predicted octanol–water partition coefficient (Wildman–Crippen LogP) is 5.13. The highest BCUT2D eigenvalue weighted by Crippen LogP contribution is 2.28. The minimum atomic E-state index is -3.77. The third kappa shape index (κ3) is 7.88. The lowest BCUT2D eigenvalue weighted by molar-refractivity contribution is -0.118. The van der Waals surface area contributed by atoms with Crippen LogP contribution in [0.2, 0.25) is 5.02 Å². The number of hydrogen-bond acceptors (Lipinski definition) is 7. The highest BCUT2D eigenvalue weighted by molar-refractivity contribution is 7.89. The fourth-order valence-electron chi connectivity index (χ4n) is 4.06. The van der Waals surface area contributed by atoms with Gasteiger partial charge in [0.15, 0.2) is 23.9 Å². The standard InChI is InChI=1S/C31H29ClN2O7S/c1-39-28-15-8-21(18-29(28)40-2)16-17-33-42(37,38)25-12-10-24(11-13-25)41-20-30(35)34-27-14-9-23(32)19-26(27)31(36)22-6-4-3-5-7-22/h3-15,18-19,33H,16-17,20H2,1-2H3,(H,34,35). The third-order valence-corrected chi connectivity index (χ3v) is 7.91. The van der Waals surface area contributed by atoms with Gasteiger partial charge in [-0.25, -0.2) is 13.1 Å². The van der Waals surface area contributed by atoms with Crippen LogP contribution in [-0.2, 0) is 21.2 Å². The Balaban J connectivity index is 1.32. The van der Waals surface area contributed by atoms with Gasteiger partial charge < -0.3 is 19.5 Å². The quantitative estimate of drug-likeness (QED) is 0.202. The monoisotopic (exact) mass is 608 g/mol. The Labute approximate surface area is 249 Å². The lowest BCUT2D eigenvalue weighted by Crippen LogP contribution is -2.26. The summed E-state index contributed by atoms with van der Waals surface area (Å²) in [5, 5.41) is 3.04. The summed E-state index contributed by atoms with van der Waals surface area (Å²) in [4.78, 5) is 25.6. The molecule has 0 saturated heterocycles. The van der Waals surface area contributed by atoms with Crippen LogP contribution in [0.25, 0.3) is 0 Å². The van der Waals surface area contributed by atoms with E-state index in [2.05, 4.69) is 10.0 Å². The number of rotatable bonds is 13. The molecule has 0 aliphatic heterocycles. The fourth-order valence-corrected chi connectivity index (χ4v) is 5.26. The lowest BCUT2D eigenvalue weighted by Gasteiger charge is -2.12. The lowest BCUT2D eigenvalue weighted by atomic mass is 10.0. The molecule has 0 spiro atoms. The largest absolute Gasteiger partial charge is 0.493 e. The number of hydrogen-bond donors (Lipinski definition) is 2. The van der Waals surface area contributed by atoms with Crippen molar-refractivity contribution in [3.63, 3.8) is 0 Å². The SMILES string of the molecule is COc1ccc(CCNS(=O)(=O)c2ccc(OCC(=O)Nc3ccc(Cl)cc3C(=O)c3ccccc3)cc2)cc1OC. The summed E-state index contributed by atoms with van der Waals surface area (Å²) in [7, 11) is -0.688. The van der Waals surface area contributed by atoms with Gasteiger partial charge >= 0.3 is 0 Å². The first-order valence-corrected chi connectivity index (χ1v) is 14.7. The molecule has 4 aromatic carbocycles. The number of anilines is 1. The number of methoxy groups -OCH3 is 2. The molecule has 2 N–H and O–H groups in total. The molecular weight excluding hydrogens is 580 g/mol. The Kier molecular flexibility index (Phi) is 10.2. The van der Waals surface area contributed by atoms with E-state index in [0.717, 1.165) is 5.56 Å². The number of carbonyl (C=O) groups is 2. The van der Waals surface area contributed by atoms with Crippen LogP contribution in [0.3, 0.4) is 0 Å². The number of ketones is 1. The van der Waals surface area contributed by atoms with E-state index in [-0.39, 0.29) is 29.4 Å². The first-order chi connectivity index (χ1) is 20.2. The van der Waals surface area contributed by atoms with Crippen LogP contribution in [0.15, 0.2) is 95.9 Å². The van der Waals surface area contributed by atoms with E-state index >= 15 is 0 Å². The maximum atomic E-state index is 13.0. The molecule has 11 heteroatoms. The molecule has 0 fully saturated rings. The Hall–Kier alpha value is -4.38. The van der Waals surface area contributed by atoms with Crippen molar-refractivity contribution in [2.24, 2.45) is 0 Å². The van der Waals surface area contributed by atoms with E-state index < -0.39 is 15.9 Å². The van der Waals surface area contributed by atoms with Gasteiger partial charge in [0.25, 0.3) is 5.91 Å². The van der Waals surface area contributed by atoms with Crippen molar-refractivity contribution in [2.45, 2.75) is 11.3 Å². The summed E-state index contributed by atoms with van der Waals surface area (Å²) in [6.07, 6.45) is 0.447. The maximum Gasteiger partial charge on any atom is 0.262 e. The molecule has 0 unspecified atom stereocenters. The number of ether oxygens (including phenoxy) is 3. The van der Waals surface area contributed by atoms with Crippen LogP contribution < -0.4 is 24.2 Å². The zero-order valence-electron chi connectivity index (χ0n) is 22.9. The molecule has 1 amide bonds. The first kappa shape index (κ1) is 30.6. The minimum absolute atomic E-state index is 0.0526. The van der Waals surface area contributed by atoms with E-state index in [1.165, 1.54) is 37.4 Å². The van der Waals surface area contributed by atoms with Gasteiger partial charge in [-0.15, -0.1) is 0 Å². The van der Waals surface area contributed by atoms with Crippen LogP contribution >= 0.6 is 11.6 Å². The van der Waals surface area contributed by atoms with Gasteiger partial charge in [0.05, 0.1) is 24.8 Å². The average molecular weight is 609 g/mol. The zero-order chi connectivity index (χ0) is 30.1. The molecule has 0 atom stereocenters.